The molecule has 0 bridgehead atoms. The summed E-state index contributed by atoms with van der Waals surface area (Å²) in [5.41, 5.74) is 4.83. The smallest absolute Gasteiger partial charge is 0.203 e. The monoisotopic (exact) mass is 462 g/mol. The molecule has 8 heteroatoms. The molecule has 0 saturated heterocycles. The molecule has 34 heavy (non-hydrogen) atoms. The minimum absolute atomic E-state index is 0.398. The molecule has 0 amide bonds. The molecular weight excluding hydrogens is 432 g/mol. The van der Waals surface area contributed by atoms with Gasteiger partial charge < -0.3 is 24.3 Å². The van der Waals surface area contributed by atoms with Crippen LogP contribution in [0, 0.1) is 0 Å². The molecule has 4 rings (SSSR count). The number of fused-ring (bicyclic) bond motifs is 1. The first-order valence-corrected chi connectivity index (χ1v) is 11.0. The first-order valence-electron chi connectivity index (χ1n) is 11.0. The Hall–Kier alpha value is -3.94. The van der Waals surface area contributed by atoms with Gasteiger partial charge in [0.05, 0.1) is 40.2 Å². The van der Waals surface area contributed by atoms with E-state index >= 15 is 0 Å². The molecule has 2 aromatic carbocycles. The third-order valence-corrected chi connectivity index (χ3v) is 5.78. The van der Waals surface area contributed by atoms with E-state index in [-0.39, 0.29) is 0 Å². The van der Waals surface area contributed by atoms with Gasteiger partial charge in [-0.3, -0.25) is 0 Å². The van der Waals surface area contributed by atoms with Crippen molar-refractivity contribution in [1.82, 2.24) is 14.6 Å². The van der Waals surface area contributed by atoms with Crippen molar-refractivity contribution < 1.29 is 18.9 Å². The van der Waals surface area contributed by atoms with Crippen LogP contribution in [-0.2, 0) is 6.54 Å². The van der Waals surface area contributed by atoms with Gasteiger partial charge in [0.1, 0.15) is 11.6 Å². The van der Waals surface area contributed by atoms with Gasteiger partial charge in [-0.15, -0.1) is 0 Å². The largest absolute Gasteiger partial charge is 0.496 e. The second-order valence-electron chi connectivity index (χ2n) is 8.13. The summed E-state index contributed by atoms with van der Waals surface area (Å²) in [5, 5.41) is 8.06. The Morgan fingerprint density at radius 2 is 1.56 bits per heavy atom. The third-order valence-electron chi connectivity index (χ3n) is 5.78. The lowest BCUT2D eigenvalue weighted by Gasteiger charge is -2.15. The van der Waals surface area contributed by atoms with E-state index in [0.717, 1.165) is 33.9 Å². The Labute approximate surface area is 199 Å². The van der Waals surface area contributed by atoms with Crippen molar-refractivity contribution in [3.63, 3.8) is 0 Å². The molecule has 2 heterocycles. The first kappa shape index (κ1) is 23.2. The summed E-state index contributed by atoms with van der Waals surface area (Å²) in [7, 11) is 6.48. The van der Waals surface area contributed by atoms with Crippen LogP contribution in [0.2, 0.25) is 0 Å². The van der Waals surface area contributed by atoms with E-state index < -0.39 is 0 Å². The fourth-order valence-electron chi connectivity index (χ4n) is 3.94. The van der Waals surface area contributed by atoms with E-state index in [1.54, 1.807) is 39.2 Å². The molecule has 4 aromatic rings. The van der Waals surface area contributed by atoms with Gasteiger partial charge in [-0.25, -0.2) is 4.98 Å². The molecule has 0 unspecified atom stereocenters. The minimum atomic E-state index is 0.398. The molecular formula is C26H30N4O4. The summed E-state index contributed by atoms with van der Waals surface area (Å²) in [6, 6.07) is 12.0. The summed E-state index contributed by atoms with van der Waals surface area (Å²) in [4.78, 5) is 4.61. The normalized spacial score (nSPS) is 11.0. The average molecular weight is 463 g/mol. The molecule has 2 aromatic heterocycles. The Balaban J connectivity index is 1.68. The molecule has 0 saturated carbocycles. The maximum Gasteiger partial charge on any atom is 0.203 e. The number of anilines is 1. The van der Waals surface area contributed by atoms with E-state index in [1.165, 1.54) is 5.56 Å². The Kier molecular flexibility index (Phi) is 6.77. The third kappa shape index (κ3) is 4.31. The van der Waals surface area contributed by atoms with E-state index in [4.69, 9.17) is 18.9 Å². The summed E-state index contributed by atoms with van der Waals surface area (Å²) >= 11 is 0. The molecule has 178 valence electrons. The summed E-state index contributed by atoms with van der Waals surface area (Å²) in [6.45, 7) is 4.87. The number of benzene rings is 2. The maximum absolute atomic E-state index is 5.64. The molecule has 8 nitrogen and oxygen atoms in total. The molecule has 0 aliphatic carbocycles. The fourth-order valence-corrected chi connectivity index (χ4v) is 3.94. The van der Waals surface area contributed by atoms with Crippen LogP contribution in [0.4, 0.5) is 5.82 Å². The standard InChI is InChI=1S/C26H30N4O4/c1-16(2)18-7-8-21(31-3)19(13-18)20-15-29-30-24(9-10-27-26(20)30)28-14-17-11-22(32-4)25(34-6)23(12-17)33-5/h7-13,15-16,28H,14H2,1-6H3. The zero-order valence-electron chi connectivity index (χ0n) is 20.4. The number of hydrogen-bond donors (Lipinski definition) is 1. The number of ether oxygens (including phenoxy) is 4. The van der Waals surface area contributed by atoms with E-state index in [9.17, 15) is 0 Å². The molecule has 0 atom stereocenters. The van der Waals surface area contributed by atoms with Crippen molar-refractivity contribution >= 4 is 11.5 Å². The van der Waals surface area contributed by atoms with Gasteiger partial charge in [-0.1, -0.05) is 19.9 Å². The van der Waals surface area contributed by atoms with Crippen molar-refractivity contribution in [2.45, 2.75) is 26.3 Å². The minimum Gasteiger partial charge on any atom is -0.496 e. The second-order valence-corrected chi connectivity index (χ2v) is 8.13. The molecule has 1 N–H and O–H groups in total. The van der Waals surface area contributed by atoms with Crippen LogP contribution in [0.25, 0.3) is 16.8 Å². The highest BCUT2D eigenvalue weighted by Crippen LogP contribution is 2.39. The van der Waals surface area contributed by atoms with E-state index in [1.807, 2.05) is 30.5 Å². The van der Waals surface area contributed by atoms with Gasteiger partial charge in [0.25, 0.3) is 0 Å². The number of hydrogen-bond acceptors (Lipinski definition) is 7. The van der Waals surface area contributed by atoms with Crippen LogP contribution in [0.3, 0.4) is 0 Å². The van der Waals surface area contributed by atoms with Crippen molar-refractivity contribution in [1.29, 1.82) is 0 Å². The Bertz CT molecular complexity index is 1270. The Morgan fingerprint density at radius 3 is 2.18 bits per heavy atom. The fraction of sp³-hybridized carbons (Fsp3) is 0.308. The predicted molar refractivity (Wildman–Crippen MR) is 132 cm³/mol. The lowest BCUT2D eigenvalue weighted by Crippen LogP contribution is -2.06. The van der Waals surface area contributed by atoms with Gasteiger partial charge in [0.2, 0.25) is 5.75 Å². The SMILES string of the molecule is COc1ccc(C(C)C)cc1-c1cnn2c(NCc3cc(OC)c(OC)c(OC)c3)ccnc12. The van der Waals surface area contributed by atoms with E-state index in [0.29, 0.717) is 29.7 Å². The van der Waals surface area contributed by atoms with Gasteiger partial charge in [0.15, 0.2) is 17.1 Å². The van der Waals surface area contributed by atoms with Gasteiger partial charge in [-0.05, 0) is 47.4 Å². The topological polar surface area (TPSA) is 79.1 Å². The number of rotatable bonds is 9. The highest BCUT2D eigenvalue weighted by Gasteiger charge is 2.17. The highest BCUT2D eigenvalue weighted by molar-refractivity contribution is 5.82. The molecule has 0 spiro atoms. The average Bonchev–Trinajstić information content (AvgIpc) is 3.30. The van der Waals surface area contributed by atoms with Crippen molar-refractivity contribution in [2.75, 3.05) is 33.8 Å². The van der Waals surface area contributed by atoms with Crippen LogP contribution in [0.5, 0.6) is 23.0 Å². The number of methoxy groups -OCH3 is 4. The van der Waals surface area contributed by atoms with Crippen molar-refractivity contribution in [2.24, 2.45) is 0 Å². The van der Waals surface area contributed by atoms with Gasteiger partial charge in [-0.2, -0.15) is 9.61 Å². The molecule has 0 fully saturated rings. The van der Waals surface area contributed by atoms with Crippen molar-refractivity contribution in [3.05, 3.63) is 59.9 Å². The lowest BCUT2D eigenvalue weighted by molar-refractivity contribution is 0.324. The number of nitrogens with zero attached hydrogens (tertiary/aromatic N) is 3. The van der Waals surface area contributed by atoms with E-state index in [2.05, 4.69) is 41.4 Å². The van der Waals surface area contributed by atoms with Gasteiger partial charge >= 0.3 is 0 Å². The van der Waals surface area contributed by atoms with Crippen LogP contribution in [0.15, 0.2) is 48.8 Å². The molecule has 0 aliphatic heterocycles. The lowest BCUT2D eigenvalue weighted by atomic mass is 9.97. The van der Waals surface area contributed by atoms with Crippen LogP contribution in [0.1, 0.15) is 30.9 Å². The maximum atomic E-state index is 5.64. The zero-order valence-corrected chi connectivity index (χ0v) is 20.4. The second kappa shape index (κ2) is 9.91. The first-order chi connectivity index (χ1) is 16.5. The number of aromatic nitrogens is 3. The summed E-state index contributed by atoms with van der Waals surface area (Å²) in [5.74, 6) is 3.78. The molecule has 0 radical (unpaired) electrons. The Morgan fingerprint density at radius 1 is 0.853 bits per heavy atom. The van der Waals surface area contributed by atoms with Crippen LogP contribution >= 0.6 is 0 Å². The summed E-state index contributed by atoms with van der Waals surface area (Å²) in [6.07, 6.45) is 3.60. The summed E-state index contributed by atoms with van der Waals surface area (Å²) < 4.78 is 23.8. The quantitative estimate of drug-likeness (QED) is 0.368. The van der Waals surface area contributed by atoms with Crippen LogP contribution < -0.4 is 24.3 Å². The van der Waals surface area contributed by atoms with Crippen LogP contribution in [-0.4, -0.2) is 43.0 Å². The van der Waals surface area contributed by atoms with Gasteiger partial charge in [0, 0.05) is 18.3 Å². The highest BCUT2D eigenvalue weighted by atomic mass is 16.5. The zero-order chi connectivity index (χ0) is 24.2. The molecule has 0 aliphatic rings. The number of nitrogens with one attached hydrogen (secondary N) is 1. The van der Waals surface area contributed by atoms with Crippen molar-refractivity contribution in [3.8, 4) is 34.1 Å². The predicted octanol–water partition coefficient (Wildman–Crippen LogP) is 5.17.